The number of nitrogens with zero attached hydrogens (tertiary/aromatic N) is 5. The Morgan fingerprint density at radius 2 is 1.81 bits per heavy atom. The van der Waals surface area contributed by atoms with Crippen LogP contribution in [0.3, 0.4) is 0 Å². The molecule has 0 atom stereocenters. The van der Waals surface area contributed by atoms with E-state index < -0.39 is 10.8 Å². The summed E-state index contributed by atoms with van der Waals surface area (Å²) >= 11 is 1.27. The van der Waals surface area contributed by atoms with Gasteiger partial charge >= 0.3 is 0 Å². The quantitative estimate of drug-likeness (QED) is 0.298. The van der Waals surface area contributed by atoms with Crippen LogP contribution in [-0.2, 0) is 4.79 Å². The van der Waals surface area contributed by atoms with Gasteiger partial charge in [-0.2, -0.15) is 15.1 Å². The number of rotatable bonds is 4. The summed E-state index contributed by atoms with van der Waals surface area (Å²) in [5, 5.41) is 27.1. The number of hydrogen-bond donors (Lipinski definition) is 1. The van der Waals surface area contributed by atoms with Crippen LogP contribution in [-0.4, -0.2) is 36.5 Å². The van der Waals surface area contributed by atoms with Crippen molar-refractivity contribution in [1.82, 2.24) is 9.58 Å². The van der Waals surface area contributed by atoms with Crippen molar-refractivity contribution in [3.8, 4) is 5.69 Å². The van der Waals surface area contributed by atoms with Gasteiger partial charge in [-0.05, 0) is 68.3 Å². The third-order valence-corrected chi connectivity index (χ3v) is 7.19. The Morgan fingerprint density at radius 1 is 1.06 bits per heavy atom. The summed E-state index contributed by atoms with van der Waals surface area (Å²) in [6.07, 6.45) is 1.64. The molecule has 0 aliphatic carbocycles. The van der Waals surface area contributed by atoms with Gasteiger partial charge < -0.3 is 4.57 Å². The summed E-state index contributed by atoms with van der Waals surface area (Å²) in [6.45, 7) is 7.65. The van der Waals surface area contributed by atoms with Gasteiger partial charge in [-0.15, -0.1) is 0 Å². The molecule has 0 saturated carbocycles. The smallest absolute Gasteiger partial charge is 0.283 e. The van der Waals surface area contributed by atoms with Crippen molar-refractivity contribution in [1.29, 1.82) is 5.41 Å². The van der Waals surface area contributed by atoms with Crippen molar-refractivity contribution >= 4 is 45.5 Å². The average molecular weight is 499 g/mol. The number of nitro groups is 1. The molecule has 3 heterocycles. The number of aromatic nitrogens is 1. The highest BCUT2D eigenvalue weighted by molar-refractivity contribution is 8.27. The van der Waals surface area contributed by atoms with Gasteiger partial charge in [-0.3, -0.25) is 20.3 Å². The van der Waals surface area contributed by atoms with E-state index in [0.29, 0.717) is 15.9 Å². The number of carbonyl (C=O) groups excluding carboxylic acids is 1. The number of aliphatic imine (C=N–C) groups is 1. The maximum Gasteiger partial charge on any atom is 0.283 e. The standard InChI is InChI=1S/C26H22N6O3S/c1-14-7-5-6-8-20(14)25-29-31-23(27)21(24(33)28-26(31)36-25)12-18-11-16(3)30(17(18)4)22-13-19(32(34)35)10-9-15(22)2/h5-13,27H,1-4H3/b21-12+,27-23?. The largest absolute Gasteiger partial charge is 0.317 e. The van der Waals surface area contributed by atoms with Gasteiger partial charge in [-0.1, -0.05) is 30.3 Å². The fourth-order valence-electron chi connectivity index (χ4n) is 4.33. The number of amides is 1. The van der Waals surface area contributed by atoms with Crippen LogP contribution in [0.25, 0.3) is 11.8 Å². The Bertz CT molecular complexity index is 1580. The monoisotopic (exact) mass is 498 g/mol. The lowest BCUT2D eigenvalue weighted by atomic mass is 10.1. The van der Waals surface area contributed by atoms with Crippen molar-refractivity contribution in [2.45, 2.75) is 27.7 Å². The molecular formula is C26H22N6O3S. The Labute approximate surface area is 211 Å². The SMILES string of the molecule is Cc1ccccc1C1=NN2C(=N)/C(=C\c3cc(C)n(-c4cc([N+](=O)[O-])ccc4C)c3C)C(=O)N=C2S1. The highest BCUT2D eigenvalue weighted by Crippen LogP contribution is 2.33. The Balaban J connectivity index is 1.54. The van der Waals surface area contributed by atoms with Crippen LogP contribution >= 0.6 is 11.8 Å². The van der Waals surface area contributed by atoms with E-state index in [-0.39, 0.29) is 17.1 Å². The van der Waals surface area contributed by atoms with Crippen LogP contribution in [0.15, 0.2) is 64.2 Å². The summed E-state index contributed by atoms with van der Waals surface area (Å²) in [6, 6.07) is 14.4. The molecule has 1 amide bonds. The van der Waals surface area contributed by atoms with Crippen LogP contribution < -0.4 is 0 Å². The van der Waals surface area contributed by atoms with Gasteiger partial charge in [0.15, 0.2) is 5.84 Å². The Morgan fingerprint density at radius 3 is 2.53 bits per heavy atom. The minimum atomic E-state index is -0.503. The van der Waals surface area contributed by atoms with Crippen molar-refractivity contribution in [3.05, 3.63) is 97.9 Å². The maximum atomic E-state index is 12.9. The van der Waals surface area contributed by atoms with Crippen LogP contribution in [0, 0.1) is 43.2 Å². The number of fused-ring (bicyclic) bond motifs is 1. The van der Waals surface area contributed by atoms with Crippen molar-refractivity contribution in [2.24, 2.45) is 10.1 Å². The van der Waals surface area contributed by atoms with E-state index in [1.54, 1.807) is 18.2 Å². The number of benzene rings is 2. The molecular weight excluding hydrogens is 476 g/mol. The van der Waals surface area contributed by atoms with Crippen LogP contribution in [0.1, 0.15) is 33.6 Å². The molecule has 0 radical (unpaired) electrons. The molecule has 0 fully saturated rings. The molecule has 2 aromatic carbocycles. The van der Waals surface area contributed by atoms with E-state index >= 15 is 0 Å². The van der Waals surface area contributed by atoms with Crippen molar-refractivity contribution < 1.29 is 9.72 Å². The lowest BCUT2D eigenvalue weighted by Gasteiger charge is -2.20. The first kappa shape index (κ1) is 23.4. The summed E-state index contributed by atoms with van der Waals surface area (Å²) in [5.74, 6) is -0.547. The normalized spacial score (nSPS) is 16.3. The second kappa shape index (κ2) is 8.72. The third-order valence-electron chi connectivity index (χ3n) is 6.24. The van der Waals surface area contributed by atoms with Crippen molar-refractivity contribution in [3.63, 3.8) is 0 Å². The first-order valence-electron chi connectivity index (χ1n) is 11.2. The molecule has 0 unspecified atom stereocenters. The van der Waals surface area contributed by atoms with Crippen molar-refractivity contribution in [2.75, 3.05) is 0 Å². The zero-order valence-corrected chi connectivity index (χ0v) is 20.9. The van der Waals surface area contributed by atoms with Gasteiger partial charge in [0.05, 0.1) is 16.2 Å². The van der Waals surface area contributed by atoms with Crippen LogP contribution in [0.2, 0.25) is 0 Å². The number of amidine groups is 2. The molecule has 0 saturated heterocycles. The third kappa shape index (κ3) is 3.85. The van der Waals surface area contributed by atoms with Gasteiger partial charge in [0.25, 0.3) is 11.6 Å². The molecule has 3 aromatic rings. The number of thioether (sulfide) groups is 1. The molecule has 36 heavy (non-hydrogen) atoms. The molecule has 2 aliphatic rings. The second-order valence-electron chi connectivity index (χ2n) is 8.63. The highest BCUT2D eigenvalue weighted by Gasteiger charge is 2.36. The average Bonchev–Trinajstić information content (AvgIpc) is 3.37. The fraction of sp³-hybridized carbons (Fsp3) is 0.154. The zero-order valence-electron chi connectivity index (χ0n) is 20.1. The van der Waals surface area contributed by atoms with Crippen LogP contribution in [0.5, 0.6) is 0 Å². The first-order chi connectivity index (χ1) is 17.2. The van der Waals surface area contributed by atoms with Gasteiger partial charge in [0.2, 0.25) is 5.17 Å². The predicted octanol–water partition coefficient (Wildman–Crippen LogP) is 5.29. The number of hydrogen-bond acceptors (Lipinski definition) is 6. The number of non-ortho nitro benzene ring substituents is 1. The number of carbonyl (C=O) groups is 1. The number of hydrazone groups is 1. The fourth-order valence-corrected chi connectivity index (χ4v) is 5.31. The Kier molecular flexibility index (Phi) is 5.68. The zero-order chi connectivity index (χ0) is 25.7. The molecule has 1 N–H and O–H groups in total. The molecule has 10 heteroatoms. The van der Waals surface area contributed by atoms with Gasteiger partial charge in [0.1, 0.15) is 5.04 Å². The molecule has 2 aliphatic heterocycles. The highest BCUT2D eigenvalue weighted by atomic mass is 32.2. The Hall–Kier alpha value is -4.31. The second-order valence-corrected chi connectivity index (χ2v) is 9.59. The maximum absolute atomic E-state index is 12.9. The molecule has 1 aromatic heterocycles. The van der Waals surface area contributed by atoms with E-state index in [4.69, 9.17) is 5.41 Å². The number of nitrogens with one attached hydrogen (secondary N) is 1. The summed E-state index contributed by atoms with van der Waals surface area (Å²) in [7, 11) is 0. The van der Waals surface area contributed by atoms with Gasteiger partial charge in [-0.25, -0.2) is 0 Å². The van der Waals surface area contributed by atoms with Crippen LogP contribution in [0.4, 0.5) is 5.69 Å². The topological polar surface area (TPSA) is 117 Å². The summed E-state index contributed by atoms with van der Waals surface area (Å²) < 4.78 is 1.92. The predicted molar refractivity (Wildman–Crippen MR) is 142 cm³/mol. The van der Waals surface area contributed by atoms with E-state index in [2.05, 4.69) is 10.1 Å². The van der Waals surface area contributed by atoms with E-state index in [1.165, 1.54) is 22.8 Å². The number of aryl methyl sites for hydroxylation is 3. The first-order valence-corrected chi connectivity index (χ1v) is 12.0. The lowest BCUT2D eigenvalue weighted by molar-refractivity contribution is -0.384. The molecule has 0 bridgehead atoms. The number of nitro benzene ring substituents is 1. The molecule has 0 spiro atoms. The lowest BCUT2D eigenvalue weighted by Crippen LogP contribution is -2.35. The minimum Gasteiger partial charge on any atom is -0.317 e. The minimum absolute atomic E-state index is 0.00274. The van der Waals surface area contributed by atoms with E-state index in [9.17, 15) is 14.9 Å². The molecule has 180 valence electrons. The van der Waals surface area contributed by atoms with Gasteiger partial charge in [0, 0.05) is 29.1 Å². The molecule has 5 rings (SSSR count). The van der Waals surface area contributed by atoms with E-state index in [0.717, 1.165) is 33.6 Å². The molecule has 9 nitrogen and oxygen atoms in total. The summed E-state index contributed by atoms with van der Waals surface area (Å²) in [4.78, 5) is 28.0. The van der Waals surface area contributed by atoms with E-state index in [1.807, 2.05) is 62.6 Å². The summed E-state index contributed by atoms with van der Waals surface area (Å²) in [5.41, 5.74) is 6.04.